The van der Waals surface area contributed by atoms with Gasteiger partial charge in [0.15, 0.2) is 0 Å². The Morgan fingerprint density at radius 3 is 0.936 bits per heavy atom. The normalized spacial score (nSPS) is 7.70. The third-order valence-electron chi connectivity index (χ3n) is 3.86. The third kappa shape index (κ3) is 149. The van der Waals surface area contributed by atoms with Gasteiger partial charge in [-0.05, 0) is 41.0 Å². The molecule has 0 aliphatic carbocycles. The molecular formula is C36H76O11. The van der Waals surface area contributed by atoms with Crippen LogP contribution in [0.3, 0.4) is 0 Å². The zero-order chi connectivity index (χ0) is 39.6. The molecule has 0 aromatic carbocycles. The highest BCUT2D eigenvalue weighted by molar-refractivity contribution is 5.78. The number of Topliss-reactive ketones (excluding diaryl/α,β-unsaturated/α-hetero) is 4. The van der Waals surface area contributed by atoms with E-state index in [4.69, 9.17) is 4.74 Å². The Kier molecular flexibility index (Phi) is 98.5. The van der Waals surface area contributed by atoms with Crippen LogP contribution in [0.4, 0.5) is 0 Å². The molecule has 0 amide bonds. The number of carbonyl (C=O) groups is 7. The van der Waals surface area contributed by atoms with Gasteiger partial charge in [-0.25, -0.2) is 0 Å². The van der Waals surface area contributed by atoms with Crippen molar-refractivity contribution in [2.45, 2.75) is 162 Å². The topological polar surface area (TPSA) is 156 Å². The van der Waals surface area contributed by atoms with Crippen molar-refractivity contribution in [3.63, 3.8) is 0 Å². The number of hydrogen-bond acceptors (Lipinski definition) is 11. The first-order valence-electron chi connectivity index (χ1n) is 16.9. The summed E-state index contributed by atoms with van der Waals surface area (Å²) in [6, 6.07) is 0. The SMILES string of the molecule is CC.CC.CC(C)=O.CCC(=O)CCOC.CCC(=O)OC.CCC(C)=O.CCCC(=O)CC.CCOC(=O)CC.CCOC(C)=O. The van der Waals surface area contributed by atoms with Crippen LogP contribution in [0, 0.1) is 0 Å². The summed E-state index contributed by atoms with van der Waals surface area (Å²) < 4.78 is 17.9. The van der Waals surface area contributed by atoms with Crippen LogP contribution in [0.25, 0.3) is 0 Å². The maximum absolute atomic E-state index is 10.5. The van der Waals surface area contributed by atoms with E-state index in [9.17, 15) is 33.6 Å². The Bertz CT molecular complexity index is 646. The van der Waals surface area contributed by atoms with Gasteiger partial charge in [-0.15, -0.1) is 0 Å². The van der Waals surface area contributed by atoms with Gasteiger partial charge in [0.1, 0.15) is 23.1 Å². The summed E-state index contributed by atoms with van der Waals surface area (Å²) in [6.07, 6.45) is 5.26. The number of esters is 3. The molecule has 0 atom stereocenters. The number of ether oxygens (including phenoxy) is 4. The number of hydrogen-bond donors (Lipinski definition) is 0. The summed E-state index contributed by atoms with van der Waals surface area (Å²) in [6.45, 7) is 30.3. The third-order valence-corrected chi connectivity index (χ3v) is 3.86. The Balaban J connectivity index is -0.0000000506. The van der Waals surface area contributed by atoms with Crippen molar-refractivity contribution >= 4 is 41.0 Å². The second-order valence-corrected chi connectivity index (χ2v) is 8.25. The molecule has 47 heavy (non-hydrogen) atoms. The van der Waals surface area contributed by atoms with Gasteiger partial charge in [-0.1, -0.05) is 69.2 Å². The predicted octanol–water partition coefficient (Wildman–Crippen LogP) is 8.50. The van der Waals surface area contributed by atoms with Crippen LogP contribution in [0.1, 0.15) is 162 Å². The second-order valence-electron chi connectivity index (χ2n) is 8.25. The van der Waals surface area contributed by atoms with Crippen molar-refractivity contribution < 1.29 is 52.5 Å². The molecule has 0 heterocycles. The van der Waals surface area contributed by atoms with E-state index in [1.165, 1.54) is 27.9 Å². The van der Waals surface area contributed by atoms with Gasteiger partial charge in [-0.2, -0.15) is 0 Å². The van der Waals surface area contributed by atoms with Crippen LogP contribution in [0.5, 0.6) is 0 Å². The molecule has 0 aliphatic heterocycles. The van der Waals surface area contributed by atoms with E-state index in [1.807, 2.05) is 55.4 Å². The molecule has 0 radical (unpaired) electrons. The first-order valence-corrected chi connectivity index (χ1v) is 16.9. The van der Waals surface area contributed by atoms with E-state index in [0.717, 1.165) is 12.8 Å². The first kappa shape index (κ1) is 66.5. The molecule has 0 aromatic rings. The van der Waals surface area contributed by atoms with Gasteiger partial charge >= 0.3 is 17.9 Å². The highest BCUT2D eigenvalue weighted by Crippen LogP contribution is 1.91. The molecule has 0 unspecified atom stereocenters. The molecule has 0 spiro atoms. The highest BCUT2D eigenvalue weighted by atomic mass is 16.5. The van der Waals surface area contributed by atoms with Crippen LogP contribution in [-0.2, 0) is 52.5 Å². The van der Waals surface area contributed by atoms with Gasteiger partial charge < -0.3 is 28.5 Å². The van der Waals surface area contributed by atoms with Crippen LogP contribution >= 0.6 is 0 Å². The number of methoxy groups -OCH3 is 2. The summed E-state index contributed by atoms with van der Waals surface area (Å²) in [5.41, 5.74) is 0. The quantitative estimate of drug-likeness (QED) is 0.143. The molecular weight excluding hydrogens is 608 g/mol. The Morgan fingerprint density at radius 1 is 0.489 bits per heavy atom. The van der Waals surface area contributed by atoms with E-state index in [0.29, 0.717) is 64.1 Å². The van der Waals surface area contributed by atoms with E-state index < -0.39 is 0 Å². The molecule has 0 saturated heterocycles. The molecule has 0 fully saturated rings. The lowest BCUT2D eigenvalue weighted by atomic mass is 10.2. The van der Waals surface area contributed by atoms with Gasteiger partial charge in [0, 0.05) is 59.0 Å². The van der Waals surface area contributed by atoms with Gasteiger partial charge in [0.2, 0.25) is 0 Å². The van der Waals surface area contributed by atoms with Crippen LogP contribution in [-0.4, -0.2) is 75.1 Å². The number of carbonyl (C=O) groups excluding carboxylic acids is 7. The summed E-state index contributed by atoms with van der Waals surface area (Å²) >= 11 is 0. The van der Waals surface area contributed by atoms with Gasteiger partial charge in [0.25, 0.3) is 0 Å². The standard InChI is InChI=1S/C6H12O2.C6H12O.C5H10O2.2C4H8O2.C4H8O.C3H6O.2C2H6/c1-3-6(7)4-5-8-2;1-3-5-6(7)4-2;1-3-5(6)7-4-2;1-3-4(5)6-2;1-3-6-4(2)5;1-3-4(2)5;1-3(2)4;2*1-2/h3-5H2,1-2H3;3-5H2,1-2H3;3-4H2,1-2H3;2*3H2,1-2H3;3H2,1-2H3;1-2H3;2*1-2H3. The summed E-state index contributed by atoms with van der Waals surface area (Å²) in [4.78, 5) is 70.1. The van der Waals surface area contributed by atoms with Crippen molar-refractivity contribution in [1.82, 2.24) is 0 Å². The maximum atomic E-state index is 10.5. The zero-order valence-corrected chi connectivity index (χ0v) is 33.8. The largest absolute Gasteiger partial charge is 0.469 e. The second kappa shape index (κ2) is 69.7. The van der Waals surface area contributed by atoms with E-state index in [-0.39, 0.29) is 35.3 Å². The minimum atomic E-state index is -0.211. The zero-order valence-electron chi connectivity index (χ0n) is 33.8. The van der Waals surface area contributed by atoms with Crippen molar-refractivity contribution in [3.05, 3.63) is 0 Å². The van der Waals surface area contributed by atoms with E-state index in [2.05, 4.69) is 14.2 Å². The van der Waals surface area contributed by atoms with Crippen LogP contribution in [0.2, 0.25) is 0 Å². The lowest BCUT2D eigenvalue weighted by Gasteiger charge is -1.93. The lowest BCUT2D eigenvalue weighted by molar-refractivity contribution is -0.143. The Morgan fingerprint density at radius 2 is 0.830 bits per heavy atom. The van der Waals surface area contributed by atoms with E-state index >= 15 is 0 Å². The molecule has 0 saturated carbocycles. The van der Waals surface area contributed by atoms with E-state index in [1.54, 1.807) is 41.7 Å². The van der Waals surface area contributed by atoms with Crippen molar-refractivity contribution in [2.75, 3.05) is 34.0 Å². The van der Waals surface area contributed by atoms with Crippen molar-refractivity contribution in [3.8, 4) is 0 Å². The smallest absolute Gasteiger partial charge is 0.305 e. The van der Waals surface area contributed by atoms with Crippen molar-refractivity contribution in [1.29, 1.82) is 0 Å². The summed E-state index contributed by atoms with van der Waals surface area (Å²) in [5, 5.41) is 0. The average Bonchev–Trinajstić information content (AvgIpc) is 3.06. The lowest BCUT2D eigenvalue weighted by Crippen LogP contribution is -2.00. The van der Waals surface area contributed by atoms with Crippen LogP contribution < -0.4 is 0 Å². The monoisotopic (exact) mass is 685 g/mol. The molecule has 0 aromatic heterocycles. The summed E-state index contributed by atoms with van der Waals surface area (Å²) in [5.74, 6) is 0.578. The van der Waals surface area contributed by atoms with Crippen LogP contribution in [0.15, 0.2) is 0 Å². The molecule has 0 N–H and O–H groups in total. The Hall–Kier alpha value is -2.95. The summed E-state index contributed by atoms with van der Waals surface area (Å²) in [7, 11) is 2.98. The molecule has 0 bridgehead atoms. The predicted molar refractivity (Wildman–Crippen MR) is 194 cm³/mol. The Labute approximate surface area is 289 Å². The minimum Gasteiger partial charge on any atom is -0.469 e. The minimum absolute atomic E-state index is 0.123. The fourth-order valence-electron chi connectivity index (χ4n) is 1.46. The molecule has 286 valence electrons. The fourth-order valence-corrected chi connectivity index (χ4v) is 1.46. The fraction of sp³-hybridized carbons (Fsp3) is 0.806. The molecule has 0 aliphatic rings. The molecule has 11 nitrogen and oxygen atoms in total. The number of ketones is 4. The van der Waals surface area contributed by atoms with Gasteiger partial charge in [-0.3, -0.25) is 24.0 Å². The maximum Gasteiger partial charge on any atom is 0.305 e. The first-order chi connectivity index (χ1) is 22.0. The van der Waals surface area contributed by atoms with Crippen molar-refractivity contribution in [2.24, 2.45) is 0 Å². The molecule has 11 heteroatoms. The van der Waals surface area contributed by atoms with Gasteiger partial charge in [0.05, 0.1) is 26.9 Å². The molecule has 0 rings (SSSR count). The average molecular weight is 685 g/mol. The highest BCUT2D eigenvalue weighted by Gasteiger charge is 1.94. The number of rotatable bonds is 12.